The molecule has 0 radical (unpaired) electrons. The minimum Gasteiger partial charge on any atom is -0.480 e. The zero-order valence-electron chi connectivity index (χ0n) is 12.0. The fraction of sp³-hybridized carbons (Fsp3) is 0.769. The minimum atomic E-state index is -1.35. The van der Waals surface area contributed by atoms with Crippen LogP contribution in [0.2, 0.25) is 0 Å². The number of carboxylic acids is 1. The van der Waals surface area contributed by atoms with E-state index in [4.69, 9.17) is 5.11 Å². The van der Waals surface area contributed by atoms with Crippen molar-refractivity contribution in [1.29, 1.82) is 0 Å². The lowest BCUT2D eigenvalue weighted by molar-refractivity contribution is -0.145. The van der Waals surface area contributed by atoms with E-state index in [0.29, 0.717) is 0 Å². The van der Waals surface area contributed by atoms with Crippen LogP contribution in [0.1, 0.15) is 46.0 Å². The van der Waals surface area contributed by atoms with Crippen molar-refractivity contribution >= 4 is 17.9 Å². The van der Waals surface area contributed by atoms with E-state index in [2.05, 4.69) is 16.0 Å². The Morgan fingerprint density at radius 3 is 2.30 bits per heavy atom. The first kappa shape index (κ1) is 16.3. The molecule has 0 bridgehead atoms. The molecule has 1 aliphatic carbocycles. The Morgan fingerprint density at radius 2 is 1.75 bits per heavy atom. The van der Waals surface area contributed by atoms with Gasteiger partial charge >= 0.3 is 12.0 Å². The van der Waals surface area contributed by atoms with Crippen LogP contribution >= 0.6 is 0 Å². The minimum absolute atomic E-state index is 0.169. The number of carbonyl (C=O) groups is 3. The smallest absolute Gasteiger partial charge is 0.328 e. The van der Waals surface area contributed by atoms with E-state index in [1.54, 1.807) is 0 Å². The predicted molar refractivity (Wildman–Crippen MR) is 73.3 cm³/mol. The highest BCUT2D eigenvalue weighted by molar-refractivity contribution is 5.89. The number of nitrogens with one attached hydrogen (secondary N) is 3. The first-order chi connectivity index (χ1) is 9.31. The SMILES string of the molecule is CC(C)(NC(=O)CNC(=O)NC1CCCCC1)C(=O)O. The highest BCUT2D eigenvalue weighted by atomic mass is 16.4. The normalized spacial score (nSPS) is 16.3. The van der Waals surface area contributed by atoms with Gasteiger partial charge < -0.3 is 21.1 Å². The summed E-state index contributed by atoms with van der Waals surface area (Å²) in [5.41, 5.74) is -1.35. The van der Waals surface area contributed by atoms with Gasteiger partial charge in [-0.2, -0.15) is 0 Å². The second-order valence-electron chi connectivity index (χ2n) is 5.64. The summed E-state index contributed by atoms with van der Waals surface area (Å²) in [5.74, 6) is -1.66. The van der Waals surface area contributed by atoms with Crippen molar-refractivity contribution in [1.82, 2.24) is 16.0 Å². The summed E-state index contributed by atoms with van der Waals surface area (Å²) in [7, 11) is 0. The van der Waals surface area contributed by atoms with Gasteiger partial charge in [-0.3, -0.25) is 4.79 Å². The molecule has 0 aromatic rings. The molecule has 114 valence electrons. The fourth-order valence-corrected chi connectivity index (χ4v) is 2.09. The Labute approximate surface area is 118 Å². The number of aliphatic carboxylic acids is 1. The van der Waals surface area contributed by atoms with Gasteiger partial charge in [-0.15, -0.1) is 0 Å². The zero-order valence-corrected chi connectivity index (χ0v) is 12.0. The quantitative estimate of drug-likeness (QED) is 0.593. The van der Waals surface area contributed by atoms with Gasteiger partial charge in [0.15, 0.2) is 0 Å². The second kappa shape index (κ2) is 7.12. The van der Waals surface area contributed by atoms with E-state index in [-0.39, 0.29) is 18.6 Å². The van der Waals surface area contributed by atoms with Crippen LogP contribution in [0.15, 0.2) is 0 Å². The number of carboxylic acid groups (broad SMARTS) is 1. The largest absolute Gasteiger partial charge is 0.480 e. The van der Waals surface area contributed by atoms with Crippen LogP contribution < -0.4 is 16.0 Å². The summed E-state index contributed by atoms with van der Waals surface area (Å²) in [5, 5.41) is 16.5. The average Bonchev–Trinajstić information content (AvgIpc) is 2.37. The molecule has 0 spiro atoms. The van der Waals surface area contributed by atoms with Gasteiger partial charge in [-0.25, -0.2) is 9.59 Å². The molecule has 1 rings (SSSR count). The molecule has 7 heteroatoms. The van der Waals surface area contributed by atoms with Gasteiger partial charge in [0.1, 0.15) is 5.54 Å². The van der Waals surface area contributed by atoms with Crippen LogP contribution in [-0.2, 0) is 9.59 Å². The van der Waals surface area contributed by atoms with Crippen LogP contribution in [-0.4, -0.2) is 41.1 Å². The predicted octanol–water partition coefficient (Wildman–Crippen LogP) is 0.598. The van der Waals surface area contributed by atoms with Crippen LogP contribution in [0.3, 0.4) is 0 Å². The Balaban J connectivity index is 2.26. The third-order valence-electron chi connectivity index (χ3n) is 3.34. The molecule has 4 N–H and O–H groups in total. The van der Waals surface area contributed by atoms with Crippen molar-refractivity contribution in [2.75, 3.05) is 6.54 Å². The van der Waals surface area contributed by atoms with Gasteiger partial charge in [0.05, 0.1) is 6.54 Å². The average molecular weight is 285 g/mol. The molecule has 1 saturated carbocycles. The maximum atomic E-state index is 11.6. The summed E-state index contributed by atoms with van der Waals surface area (Å²) in [6.45, 7) is 2.53. The molecule has 0 unspecified atom stereocenters. The molecule has 0 aromatic heterocycles. The van der Waals surface area contributed by atoms with Crippen molar-refractivity contribution in [3.8, 4) is 0 Å². The molecular formula is C13H23N3O4. The lowest BCUT2D eigenvalue weighted by Gasteiger charge is -2.23. The standard InChI is InChI=1S/C13H23N3O4/c1-13(2,11(18)19)16-10(17)8-14-12(20)15-9-6-4-3-5-7-9/h9H,3-8H2,1-2H3,(H,16,17)(H,18,19)(H2,14,15,20). The van der Waals surface area contributed by atoms with E-state index in [1.165, 1.54) is 20.3 Å². The van der Waals surface area contributed by atoms with Gasteiger partial charge in [0.25, 0.3) is 0 Å². The molecule has 0 saturated heterocycles. The highest BCUT2D eigenvalue weighted by Gasteiger charge is 2.28. The van der Waals surface area contributed by atoms with Crippen LogP contribution in [0.25, 0.3) is 0 Å². The Kier molecular flexibility index (Phi) is 5.79. The summed E-state index contributed by atoms with van der Waals surface area (Å²) >= 11 is 0. The van der Waals surface area contributed by atoms with Crippen molar-refractivity contribution in [3.05, 3.63) is 0 Å². The second-order valence-corrected chi connectivity index (χ2v) is 5.64. The zero-order chi connectivity index (χ0) is 15.2. The van der Waals surface area contributed by atoms with Crippen molar-refractivity contribution in [2.24, 2.45) is 0 Å². The summed E-state index contributed by atoms with van der Waals surface area (Å²) in [6.07, 6.45) is 5.35. The monoisotopic (exact) mass is 285 g/mol. The molecule has 20 heavy (non-hydrogen) atoms. The van der Waals surface area contributed by atoms with Crippen LogP contribution in [0.5, 0.6) is 0 Å². The summed E-state index contributed by atoms with van der Waals surface area (Å²) in [6, 6.07) is -0.220. The molecule has 1 fully saturated rings. The number of hydrogen-bond acceptors (Lipinski definition) is 3. The number of urea groups is 1. The van der Waals surface area contributed by atoms with E-state index in [0.717, 1.165) is 25.7 Å². The van der Waals surface area contributed by atoms with E-state index in [1.807, 2.05) is 0 Å². The maximum absolute atomic E-state index is 11.6. The number of hydrogen-bond donors (Lipinski definition) is 4. The van der Waals surface area contributed by atoms with Crippen molar-refractivity contribution in [2.45, 2.75) is 57.5 Å². The van der Waals surface area contributed by atoms with Gasteiger partial charge in [0.2, 0.25) is 5.91 Å². The van der Waals surface area contributed by atoms with Gasteiger partial charge in [-0.1, -0.05) is 19.3 Å². The van der Waals surface area contributed by atoms with Crippen LogP contribution in [0.4, 0.5) is 4.79 Å². The van der Waals surface area contributed by atoms with Gasteiger partial charge in [-0.05, 0) is 26.7 Å². The molecule has 1 aliphatic rings. The molecule has 0 atom stereocenters. The third-order valence-corrected chi connectivity index (χ3v) is 3.34. The molecule has 0 aromatic carbocycles. The Morgan fingerprint density at radius 1 is 1.15 bits per heavy atom. The van der Waals surface area contributed by atoms with Gasteiger partial charge in [0, 0.05) is 6.04 Å². The van der Waals surface area contributed by atoms with Crippen molar-refractivity contribution in [3.63, 3.8) is 0 Å². The Bertz CT molecular complexity index is 376. The highest BCUT2D eigenvalue weighted by Crippen LogP contribution is 2.17. The topological polar surface area (TPSA) is 108 Å². The van der Waals surface area contributed by atoms with Crippen LogP contribution in [0, 0.1) is 0 Å². The molecule has 3 amide bonds. The molecule has 0 heterocycles. The third kappa shape index (κ3) is 5.46. The molecule has 0 aliphatic heterocycles. The number of carbonyl (C=O) groups excluding carboxylic acids is 2. The lowest BCUT2D eigenvalue weighted by atomic mass is 9.96. The summed E-state index contributed by atoms with van der Waals surface area (Å²) < 4.78 is 0. The molecule has 7 nitrogen and oxygen atoms in total. The first-order valence-electron chi connectivity index (χ1n) is 6.90. The number of rotatable bonds is 5. The number of amides is 3. The molecular weight excluding hydrogens is 262 g/mol. The summed E-state index contributed by atoms with van der Waals surface area (Å²) in [4.78, 5) is 34.0. The van der Waals surface area contributed by atoms with Crippen molar-refractivity contribution < 1.29 is 19.5 Å². The Hall–Kier alpha value is -1.79. The lowest BCUT2D eigenvalue weighted by Crippen LogP contribution is -2.53. The first-order valence-corrected chi connectivity index (χ1v) is 6.90. The van der Waals surface area contributed by atoms with E-state index >= 15 is 0 Å². The fourth-order valence-electron chi connectivity index (χ4n) is 2.09. The van der Waals surface area contributed by atoms with E-state index in [9.17, 15) is 14.4 Å². The van der Waals surface area contributed by atoms with E-state index < -0.39 is 17.4 Å². The maximum Gasteiger partial charge on any atom is 0.328 e.